The van der Waals surface area contributed by atoms with Gasteiger partial charge in [-0.1, -0.05) is 46.5 Å². The Balaban J connectivity index is 2.32. The molecule has 2 atom stereocenters. The van der Waals surface area contributed by atoms with E-state index in [1.165, 1.54) is 6.04 Å². The van der Waals surface area contributed by atoms with Gasteiger partial charge in [0.25, 0.3) is 0 Å². The molecule has 0 aromatic rings. The maximum Gasteiger partial charge on any atom is 0.407 e. The normalized spacial score (nSPS) is 24.6. The average molecular weight is 414 g/mol. The lowest BCUT2D eigenvalue weighted by molar-refractivity contribution is -0.117. The first-order chi connectivity index (χ1) is 12.8. The SMILES string of the molecule is CC(=O)CCC1(C)CC(NC(=O)OCCOCCC[Si](C)(C)C)CC(C)(C)C1. The van der Waals surface area contributed by atoms with E-state index >= 15 is 0 Å². The van der Waals surface area contributed by atoms with E-state index in [-0.39, 0.29) is 35.4 Å². The molecule has 164 valence electrons. The van der Waals surface area contributed by atoms with E-state index in [1.54, 1.807) is 6.92 Å². The van der Waals surface area contributed by atoms with E-state index < -0.39 is 8.07 Å². The third-order valence-electron chi connectivity index (χ3n) is 5.52. The molecule has 5 nitrogen and oxygen atoms in total. The van der Waals surface area contributed by atoms with Gasteiger partial charge in [-0.05, 0) is 49.9 Å². The molecule has 0 heterocycles. The van der Waals surface area contributed by atoms with E-state index in [4.69, 9.17) is 9.47 Å². The summed E-state index contributed by atoms with van der Waals surface area (Å²) in [5.41, 5.74) is 0.214. The van der Waals surface area contributed by atoms with Crippen molar-refractivity contribution >= 4 is 20.0 Å². The van der Waals surface area contributed by atoms with Crippen molar-refractivity contribution in [3.63, 3.8) is 0 Å². The molecule has 6 heteroatoms. The highest BCUT2D eigenvalue weighted by Gasteiger charge is 2.41. The molecule has 0 aromatic carbocycles. The second kappa shape index (κ2) is 10.8. The Morgan fingerprint density at radius 3 is 2.36 bits per heavy atom. The lowest BCUT2D eigenvalue weighted by Gasteiger charge is -2.46. The second-order valence-corrected chi connectivity index (χ2v) is 16.6. The van der Waals surface area contributed by atoms with Crippen molar-refractivity contribution in [1.29, 1.82) is 0 Å². The quantitative estimate of drug-likeness (QED) is 0.363. The first-order valence-electron chi connectivity index (χ1n) is 10.8. The Morgan fingerprint density at radius 1 is 1.07 bits per heavy atom. The standard InChI is InChI=1S/C22H43NO4Si/c1-18(24)9-10-22(4)16-19(15-21(2,3)17-22)23-20(25)27-13-12-26-11-8-14-28(5,6)7/h19H,8-17H2,1-7H3,(H,23,25). The minimum Gasteiger partial charge on any atom is -0.447 e. The van der Waals surface area contributed by atoms with Crippen molar-refractivity contribution in [1.82, 2.24) is 5.32 Å². The molecule has 1 aliphatic carbocycles. The van der Waals surface area contributed by atoms with Crippen LogP contribution in [-0.2, 0) is 14.3 Å². The maximum absolute atomic E-state index is 12.2. The summed E-state index contributed by atoms with van der Waals surface area (Å²) in [6.07, 6.45) is 5.12. The van der Waals surface area contributed by atoms with Crippen LogP contribution in [-0.4, -0.2) is 45.8 Å². The van der Waals surface area contributed by atoms with Crippen LogP contribution in [0.3, 0.4) is 0 Å². The van der Waals surface area contributed by atoms with E-state index in [1.807, 2.05) is 0 Å². The van der Waals surface area contributed by atoms with Crippen LogP contribution in [0.2, 0.25) is 25.7 Å². The smallest absolute Gasteiger partial charge is 0.407 e. The third-order valence-corrected chi connectivity index (χ3v) is 7.38. The Labute approximate surface area is 173 Å². The first kappa shape index (κ1) is 25.2. The van der Waals surface area contributed by atoms with Crippen LogP contribution in [0.15, 0.2) is 0 Å². The van der Waals surface area contributed by atoms with Gasteiger partial charge < -0.3 is 19.6 Å². The largest absolute Gasteiger partial charge is 0.447 e. The van der Waals surface area contributed by atoms with E-state index in [2.05, 4.69) is 45.7 Å². The molecule has 1 amide bonds. The molecule has 1 aliphatic rings. The molecule has 1 N–H and O–H groups in total. The van der Waals surface area contributed by atoms with E-state index in [9.17, 15) is 9.59 Å². The summed E-state index contributed by atoms with van der Waals surface area (Å²) in [5.74, 6) is 0.235. The molecule has 0 spiro atoms. The van der Waals surface area contributed by atoms with Gasteiger partial charge in [0, 0.05) is 27.1 Å². The van der Waals surface area contributed by atoms with Crippen molar-refractivity contribution in [2.45, 2.75) is 97.9 Å². The van der Waals surface area contributed by atoms with Crippen LogP contribution in [0.25, 0.3) is 0 Å². The summed E-state index contributed by atoms with van der Waals surface area (Å²) in [7, 11) is -0.999. The first-order valence-corrected chi connectivity index (χ1v) is 14.5. The third kappa shape index (κ3) is 11.2. The number of ketones is 1. The molecular weight excluding hydrogens is 370 g/mol. The van der Waals surface area contributed by atoms with Crippen molar-refractivity contribution in [3.05, 3.63) is 0 Å². The fourth-order valence-electron chi connectivity index (χ4n) is 4.61. The van der Waals surface area contributed by atoms with Crippen LogP contribution in [0.4, 0.5) is 4.79 Å². The molecule has 1 saturated carbocycles. The molecule has 0 saturated heterocycles. The van der Waals surface area contributed by atoms with Gasteiger partial charge >= 0.3 is 6.09 Å². The topological polar surface area (TPSA) is 64.6 Å². The van der Waals surface area contributed by atoms with Gasteiger partial charge in [0.2, 0.25) is 0 Å². The number of hydrogen-bond donors (Lipinski definition) is 1. The molecule has 0 bridgehead atoms. The molecule has 2 unspecified atom stereocenters. The number of carbonyl (C=O) groups excluding carboxylic acids is 2. The zero-order valence-electron chi connectivity index (χ0n) is 19.3. The van der Waals surface area contributed by atoms with Crippen molar-refractivity contribution in [3.8, 4) is 0 Å². The Hall–Kier alpha value is -0.883. The van der Waals surface area contributed by atoms with E-state index in [0.717, 1.165) is 38.7 Å². The minimum atomic E-state index is -0.999. The number of Topliss-reactive ketones (excluding diaryl/α,β-unsaturated/α-hetero) is 1. The highest BCUT2D eigenvalue weighted by atomic mass is 28.3. The Morgan fingerprint density at radius 2 is 1.75 bits per heavy atom. The zero-order valence-corrected chi connectivity index (χ0v) is 20.3. The Bertz CT molecular complexity index is 515. The number of amides is 1. The lowest BCUT2D eigenvalue weighted by atomic mass is 9.61. The van der Waals surface area contributed by atoms with Crippen LogP contribution >= 0.6 is 0 Å². The number of alkyl carbamates (subject to hydrolysis) is 1. The van der Waals surface area contributed by atoms with Gasteiger partial charge in [0.15, 0.2) is 0 Å². The molecular formula is C22H43NO4Si. The van der Waals surface area contributed by atoms with Crippen LogP contribution in [0, 0.1) is 10.8 Å². The minimum absolute atomic E-state index is 0.0743. The lowest BCUT2D eigenvalue weighted by Crippen LogP contribution is -2.47. The molecule has 0 aliphatic heterocycles. The summed E-state index contributed by atoms with van der Waals surface area (Å²) in [6, 6.07) is 1.35. The number of carbonyl (C=O) groups is 2. The van der Waals surface area contributed by atoms with Gasteiger partial charge in [-0.3, -0.25) is 0 Å². The highest BCUT2D eigenvalue weighted by molar-refractivity contribution is 6.76. The molecule has 1 fully saturated rings. The summed E-state index contributed by atoms with van der Waals surface area (Å²) >= 11 is 0. The number of hydrogen-bond acceptors (Lipinski definition) is 4. The number of rotatable bonds is 11. The van der Waals surface area contributed by atoms with Crippen molar-refractivity contribution < 1.29 is 19.1 Å². The van der Waals surface area contributed by atoms with Crippen molar-refractivity contribution in [2.24, 2.45) is 10.8 Å². The van der Waals surface area contributed by atoms with Gasteiger partial charge in [-0.2, -0.15) is 0 Å². The van der Waals surface area contributed by atoms with Crippen molar-refractivity contribution in [2.75, 3.05) is 19.8 Å². The van der Waals surface area contributed by atoms with Gasteiger partial charge in [-0.15, -0.1) is 0 Å². The summed E-state index contributed by atoms with van der Waals surface area (Å²) in [6.45, 7) is 16.9. The maximum atomic E-state index is 12.2. The molecule has 0 aromatic heterocycles. The predicted molar refractivity (Wildman–Crippen MR) is 118 cm³/mol. The number of ether oxygens (including phenoxy) is 2. The van der Waals surface area contributed by atoms with E-state index in [0.29, 0.717) is 13.0 Å². The van der Waals surface area contributed by atoms with Crippen LogP contribution in [0.1, 0.15) is 66.2 Å². The second-order valence-electron chi connectivity index (χ2n) is 11.0. The van der Waals surface area contributed by atoms with Crippen LogP contribution in [0.5, 0.6) is 0 Å². The molecule has 28 heavy (non-hydrogen) atoms. The summed E-state index contributed by atoms with van der Waals surface area (Å²) in [4.78, 5) is 23.6. The Kier molecular flexibility index (Phi) is 9.67. The fraction of sp³-hybridized carbons (Fsp3) is 0.909. The van der Waals surface area contributed by atoms with Gasteiger partial charge in [-0.25, -0.2) is 4.79 Å². The summed E-state index contributed by atoms with van der Waals surface area (Å²) in [5, 5.41) is 3.04. The van der Waals surface area contributed by atoms with Crippen LogP contribution < -0.4 is 5.32 Å². The molecule has 1 rings (SSSR count). The summed E-state index contributed by atoms with van der Waals surface area (Å²) < 4.78 is 10.9. The monoisotopic (exact) mass is 413 g/mol. The number of nitrogens with one attached hydrogen (secondary N) is 1. The van der Waals surface area contributed by atoms with Gasteiger partial charge in [0.1, 0.15) is 12.4 Å². The average Bonchev–Trinajstić information content (AvgIpc) is 2.49. The fourth-order valence-corrected chi connectivity index (χ4v) is 5.82. The van der Waals surface area contributed by atoms with Gasteiger partial charge in [0.05, 0.1) is 6.61 Å². The highest BCUT2D eigenvalue weighted by Crippen LogP contribution is 2.48. The molecule has 0 radical (unpaired) electrons. The predicted octanol–water partition coefficient (Wildman–Crippen LogP) is 5.41. The zero-order chi connectivity index (χ0) is 21.4.